The Hall–Kier alpha value is -1.35. The Kier molecular flexibility index (Phi) is 3.79. The van der Waals surface area contributed by atoms with Gasteiger partial charge in [0.2, 0.25) is 0 Å². The number of hydrogen-bond acceptors (Lipinski definition) is 3. The largest absolute Gasteiger partial charge is 0.342 e. The molecule has 0 saturated carbocycles. The van der Waals surface area contributed by atoms with Gasteiger partial charge in [-0.05, 0) is 37.6 Å². The summed E-state index contributed by atoms with van der Waals surface area (Å²) < 4.78 is 0. The molecule has 3 heteroatoms. The van der Waals surface area contributed by atoms with Crippen molar-refractivity contribution in [3.05, 3.63) is 29.3 Å². The summed E-state index contributed by atoms with van der Waals surface area (Å²) in [6.07, 6.45) is 2.27. The van der Waals surface area contributed by atoms with Crippen LogP contribution >= 0.6 is 0 Å². The summed E-state index contributed by atoms with van der Waals surface area (Å²) in [6.45, 7) is 5.11. The molecule has 92 valence electrons. The Morgan fingerprint density at radius 3 is 3.00 bits per heavy atom. The predicted octanol–water partition coefficient (Wildman–Crippen LogP) is 2.71. The Morgan fingerprint density at radius 2 is 2.29 bits per heavy atom. The molecule has 0 saturated heterocycles. The first-order chi connectivity index (χ1) is 8.24. The number of nitrogens with one attached hydrogen (secondary N) is 2. The van der Waals surface area contributed by atoms with Gasteiger partial charge in [-0.1, -0.05) is 25.5 Å². The fourth-order valence-electron chi connectivity index (χ4n) is 2.20. The topological polar surface area (TPSA) is 36.4 Å². The minimum Gasteiger partial charge on any atom is -0.342 e. The molecular formula is C14H21N3. The van der Waals surface area contributed by atoms with Crippen molar-refractivity contribution in [3.63, 3.8) is 0 Å². The first-order valence-corrected chi connectivity index (χ1v) is 6.32. The maximum atomic E-state index is 4.63. The highest BCUT2D eigenvalue weighted by molar-refractivity contribution is 6.01. The molecule has 1 aromatic carbocycles. The summed E-state index contributed by atoms with van der Waals surface area (Å²) in [4.78, 5) is 4.63. The van der Waals surface area contributed by atoms with Gasteiger partial charge < -0.3 is 10.6 Å². The van der Waals surface area contributed by atoms with E-state index in [1.165, 1.54) is 16.8 Å². The van der Waals surface area contributed by atoms with E-state index in [9.17, 15) is 0 Å². The van der Waals surface area contributed by atoms with Gasteiger partial charge >= 0.3 is 0 Å². The molecule has 1 aliphatic heterocycles. The molecule has 0 aromatic heterocycles. The van der Waals surface area contributed by atoms with Crippen molar-refractivity contribution in [1.82, 2.24) is 5.32 Å². The van der Waals surface area contributed by atoms with Crippen molar-refractivity contribution in [2.45, 2.75) is 39.3 Å². The molecule has 1 unspecified atom stereocenters. The summed E-state index contributed by atoms with van der Waals surface area (Å²) in [5, 5.41) is 6.79. The molecule has 1 atom stereocenters. The van der Waals surface area contributed by atoms with Crippen LogP contribution in [0, 0.1) is 6.92 Å². The number of aliphatic imine (C=N–C) groups is 1. The first-order valence-electron chi connectivity index (χ1n) is 6.32. The average Bonchev–Trinajstić information content (AvgIpc) is 2.35. The van der Waals surface area contributed by atoms with Crippen LogP contribution in [-0.2, 0) is 6.54 Å². The van der Waals surface area contributed by atoms with Gasteiger partial charge in [0.15, 0.2) is 0 Å². The van der Waals surface area contributed by atoms with E-state index < -0.39 is 0 Å². The van der Waals surface area contributed by atoms with Crippen molar-refractivity contribution in [2.75, 3.05) is 12.4 Å². The van der Waals surface area contributed by atoms with Crippen LogP contribution in [0.1, 0.15) is 30.9 Å². The summed E-state index contributed by atoms with van der Waals surface area (Å²) in [5.74, 6) is 1.08. The lowest BCUT2D eigenvalue weighted by Crippen LogP contribution is -2.39. The molecule has 3 nitrogen and oxygen atoms in total. The number of fused-ring (bicyclic) bond motifs is 1. The Balaban J connectivity index is 2.17. The van der Waals surface area contributed by atoms with Crippen LogP contribution in [0.2, 0.25) is 0 Å². The van der Waals surface area contributed by atoms with E-state index in [4.69, 9.17) is 0 Å². The van der Waals surface area contributed by atoms with Crippen LogP contribution in [0.3, 0.4) is 0 Å². The first kappa shape index (κ1) is 12.1. The third-order valence-corrected chi connectivity index (χ3v) is 3.20. The molecule has 17 heavy (non-hydrogen) atoms. The fraction of sp³-hybridized carbons (Fsp3) is 0.500. The number of likely N-dealkylation sites (N-methyl/N-ethyl adjacent to an activating group) is 1. The molecule has 2 rings (SSSR count). The van der Waals surface area contributed by atoms with Gasteiger partial charge in [-0.25, -0.2) is 0 Å². The molecule has 0 spiro atoms. The minimum atomic E-state index is 0.341. The number of anilines is 1. The maximum Gasteiger partial charge on any atom is 0.118 e. The molecule has 2 N–H and O–H groups in total. The Labute approximate surface area is 103 Å². The number of amidine groups is 1. The van der Waals surface area contributed by atoms with Crippen molar-refractivity contribution < 1.29 is 0 Å². The molecule has 0 aliphatic carbocycles. The van der Waals surface area contributed by atoms with Gasteiger partial charge in [-0.15, -0.1) is 0 Å². The van der Waals surface area contributed by atoms with E-state index >= 15 is 0 Å². The van der Waals surface area contributed by atoms with Crippen LogP contribution in [0.15, 0.2) is 23.2 Å². The lowest BCUT2D eigenvalue weighted by Gasteiger charge is -2.24. The number of nitrogens with zero attached hydrogens (tertiary/aromatic N) is 1. The monoisotopic (exact) mass is 231 g/mol. The second kappa shape index (κ2) is 5.32. The van der Waals surface area contributed by atoms with E-state index in [0.717, 1.165) is 25.2 Å². The van der Waals surface area contributed by atoms with E-state index in [1.54, 1.807) is 0 Å². The number of benzene rings is 1. The summed E-state index contributed by atoms with van der Waals surface area (Å²) in [5.41, 5.74) is 3.78. The predicted molar refractivity (Wildman–Crippen MR) is 73.7 cm³/mol. The zero-order chi connectivity index (χ0) is 12.3. The van der Waals surface area contributed by atoms with E-state index in [-0.39, 0.29) is 0 Å². The van der Waals surface area contributed by atoms with Crippen LogP contribution in [0.25, 0.3) is 0 Å². The fourth-order valence-corrected chi connectivity index (χ4v) is 2.20. The summed E-state index contributed by atoms with van der Waals surface area (Å²) >= 11 is 0. The van der Waals surface area contributed by atoms with Gasteiger partial charge in [0, 0.05) is 5.69 Å². The molecule has 1 aliphatic rings. The van der Waals surface area contributed by atoms with Crippen LogP contribution in [0.5, 0.6) is 0 Å². The van der Waals surface area contributed by atoms with Crippen LogP contribution < -0.4 is 10.6 Å². The third kappa shape index (κ3) is 2.67. The highest BCUT2D eigenvalue weighted by Crippen LogP contribution is 2.23. The smallest absolute Gasteiger partial charge is 0.118 e. The molecule has 0 radical (unpaired) electrons. The van der Waals surface area contributed by atoms with E-state index in [2.05, 4.69) is 47.7 Å². The standard InChI is InChI=1S/C14H21N3/c1-4-5-12(15-3)14-16-9-11-7-6-10(2)8-13(11)17-14/h6-8,12,15H,4-5,9H2,1-3H3,(H,16,17). The molecule has 0 bridgehead atoms. The average molecular weight is 231 g/mol. The SMILES string of the molecule is CCCC(NC)C1=NCc2ccc(C)cc2N1. The minimum absolute atomic E-state index is 0.341. The maximum absolute atomic E-state index is 4.63. The second-order valence-corrected chi connectivity index (χ2v) is 4.62. The third-order valence-electron chi connectivity index (χ3n) is 3.20. The number of aryl methyl sites for hydroxylation is 1. The summed E-state index contributed by atoms with van der Waals surface area (Å²) in [7, 11) is 2.00. The van der Waals surface area contributed by atoms with Gasteiger partial charge in [0.05, 0.1) is 12.6 Å². The Morgan fingerprint density at radius 1 is 1.47 bits per heavy atom. The zero-order valence-electron chi connectivity index (χ0n) is 10.9. The lowest BCUT2D eigenvalue weighted by atomic mass is 10.1. The quantitative estimate of drug-likeness (QED) is 0.836. The molecule has 1 heterocycles. The van der Waals surface area contributed by atoms with Crippen molar-refractivity contribution in [3.8, 4) is 0 Å². The summed E-state index contributed by atoms with van der Waals surface area (Å²) in [6, 6.07) is 6.84. The molecule has 1 aromatic rings. The highest BCUT2D eigenvalue weighted by atomic mass is 15.1. The lowest BCUT2D eigenvalue weighted by molar-refractivity contribution is 0.627. The number of rotatable bonds is 4. The van der Waals surface area contributed by atoms with Gasteiger partial charge in [-0.3, -0.25) is 4.99 Å². The van der Waals surface area contributed by atoms with Crippen molar-refractivity contribution in [2.24, 2.45) is 4.99 Å². The number of hydrogen-bond donors (Lipinski definition) is 2. The van der Waals surface area contributed by atoms with Gasteiger partial charge in [0.1, 0.15) is 5.84 Å². The zero-order valence-corrected chi connectivity index (χ0v) is 10.9. The van der Waals surface area contributed by atoms with Crippen LogP contribution in [-0.4, -0.2) is 18.9 Å². The molecule has 0 fully saturated rings. The van der Waals surface area contributed by atoms with E-state index in [0.29, 0.717) is 6.04 Å². The van der Waals surface area contributed by atoms with Gasteiger partial charge in [0.25, 0.3) is 0 Å². The second-order valence-electron chi connectivity index (χ2n) is 4.62. The van der Waals surface area contributed by atoms with Crippen LogP contribution in [0.4, 0.5) is 5.69 Å². The normalized spacial score (nSPS) is 15.8. The van der Waals surface area contributed by atoms with Crippen molar-refractivity contribution >= 4 is 11.5 Å². The van der Waals surface area contributed by atoms with Crippen molar-refractivity contribution in [1.29, 1.82) is 0 Å². The highest BCUT2D eigenvalue weighted by Gasteiger charge is 2.18. The molecule has 0 amide bonds. The Bertz CT molecular complexity index is 423. The van der Waals surface area contributed by atoms with E-state index in [1.807, 2.05) is 7.05 Å². The van der Waals surface area contributed by atoms with Gasteiger partial charge in [-0.2, -0.15) is 0 Å². The molecular weight excluding hydrogens is 210 g/mol.